The number of nitrogens with zero attached hydrogens (tertiary/aromatic N) is 1. The highest BCUT2D eigenvalue weighted by Gasteiger charge is 2.40. The molecule has 1 spiro atoms. The van der Waals surface area contributed by atoms with Gasteiger partial charge >= 0.3 is 0 Å². The standard InChI is InChI=1S/C21H25N3O2/c1-25-15-17-8-6-16(7-9-17)14-22-20-21(10-12-26-13-11-21)24-19-5-3-2-4-18(19)23-20/h2-9,24H,10-15H2,1H3,(H,22,23). The number of nitrogens with one attached hydrogen (secondary N) is 2. The normalized spacial score (nSPS) is 18.0. The molecule has 2 heterocycles. The van der Waals surface area contributed by atoms with Crippen LogP contribution >= 0.6 is 0 Å². The molecule has 26 heavy (non-hydrogen) atoms. The quantitative estimate of drug-likeness (QED) is 0.883. The maximum atomic E-state index is 5.60. The van der Waals surface area contributed by atoms with Crippen molar-refractivity contribution in [2.45, 2.75) is 31.5 Å². The summed E-state index contributed by atoms with van der Waals surface area (Å²) in [6.45, 7) is 2.89. The molecular formula is C21H25N3O2. The van der Waals surface area contributed by atoms with Crippen molar-refractivity contribution < 1.29 is 9.47 Å². The van der Waals surface area contributed by atoms with Crippen LogP contribution in [0.1, 0.15) is 24.0 Å². The van der Waals surface area contributed by atoms with E-state index < -0.39 is 0 Å². The summed E-state index contributed by atoms with van der Waals surface area (Å²) in [7, 11) is 1.72. The molecule has 0 aromatic heterocycles. The van der Waals surface area contributed by atoms with Crippen molar-refractivity contribution in [2.75, 3.05) is 25.6 Å². The predicted molar refractivity (Wildman–Crippen MR) is 104 cm³/mol. The zero-order chi connectivity index (χ0) is 17.8. The van der Waals surface area contributed by atoms with Gasteiger partial charge in [0.25, 0.3) is 0 Å². The van der Waals surface area contributed by atoms with Gasteiger partial charge in [0.2, 0.25) is 0 Å². The summed E-state index contributed by atoms with van der Waals surface area (Å²) in [6, 6.07) is 16.7. The Bertz CT molecular complexity index is 780. The summed E-state index contributed by atoms with van der Waals surface area (Å²) < 4.78 is 10.8. The Kier molecular flexibility index (Phi) is 4.91. The van der Waals surface area contributed by atoms with Gasteiger partial charge in [-0.2, -0.15) is 0 Å². The van der Waals surface area contributed by atoms with Crippen LogP contribution in [-0.4, -0.2) is 31.7 Å². The number of hydrogen-bond acceptors (Lipinski definition) is 5. The summed E-state index contributed by atoms with van der Waals surface area (Å²) in [5, 5.41) is 7.33. The Morgan fingerprint density at radius 1 is 1.08 bits per heavy atom. The second-order valence-corrected chi connectivity index (χ2v) is 6.90. The van der Waals surface area contributed by atoms with Gasteiger partial charge in [0, 0.05) is 39.7 Å². The molecule has 0 amide bonds. The van der Waals surface area contributed by atoms with Crippen molar-refractivity contribution in [3.63, 3.8) is 0 Å². The average Bonchev–Trinajstić information content (AvgIpc) is 2.68. The second-order valence-electron chi connectivity index (χ2n) is 6.90. The number of hydrogen-bond donors (Lipinski definition) is 2. The van der Waals surface area contributed by atoms with Gasteiger partial charge in [0.05, 0.1) is 23.5 Å². The summed E-state index contributed by atoms with van der Waals surface area (Å²) in [4.78, 5) is 4.95. The first-order valence-electron chi connectivity index (χ1n) is 9.14. The molecule has 0 saturated carbocycles. The van der Waals surface area contributed by atoms with E-state index in [-0.39, 0.29) is 5.54 Å². The molecule has 0 radical (unpaired) electrons. The van der Waals surface area contributed by atoms with Gasteiger partial charge in [-0.25, -0.2) is 4.99 Å². The van der Waals surface area contributed by atoms with E-state index in [1.165, 1.54) is 11.1 Å². The molecule has 2 aromatic rings. The van der Waals surface area contributed by atoms with Gasteiger partial charge in [-0.3, -0.25) is 0 Å². The van der Waals surface area contributed by atoms with Crippen LogP contribution in [0.5, 0.6) is 0 Å². The van der Waals surface area contributed by atoms with Crippen molar-refractivity contribution in [1.29, 1.82) is 0 Å². The Hall–Kier alpha value is -2.37. The zero-order valence-electron chi connectivity index (χ0n) is 15.1. The van der Waals surface area contributed by atoms with Gasteiger partial charge in [0.15, 0.2) is 0 Å². The van der Waals surface area contributed by atoms with Crippen LogP contribution in [0.4, 0.5) is 11.4 Å². The molecule has 0 bridgehead atoms. The van der Waals surface area contributed by atoms with Crippen LogP contribution < -0.4 is 10.6 Å². The monoisotopic (exact) mass is 351 g/mol. The molecule has 0 aliphatic carbocycles. The third kappa shape index (κ3) is 3.45. The highest BCUT2D eigenvalue weighted by Crippen LogP contribution is 2.37. The van der Waals surface area contributed by atoms with Crippen molar-refractivity contribution in [2.24, 2.45) is 4.99 Å². The third-order valence-electron chi connectivity index (χ3n) is 5.10. The molecule has 1 saturated heterocycles. The Morgan fingerprint density at radius 2 is 1.81 bits per heavy atom. The van der Waals surface area contributed by atoms with E-state index >= 15 is 0 Å². The first-order chi connectivity index (χ1) is 12.8. The number of anilines is 1. The van der Waals surface area contributed by atoms with E-state index in [1.807, 2.05) is 12.1 Å². The van der Waals surface area contributed by atoms with Crippen molar-refractivity contribution in [3.8, 4) is 0 Å². The molecule has 2 aliphatic heterocycles. The molecule has 5 heteroatoms. The van der Waals surface area contributed by atoms with Gasteiger partial charge < -0.3 is 20.1 Å². The summed E-state index contributed by atoms with van der Waals surface area (Å²) in [5.41, 5.74) is 4.34. The number of benzene rings is 2. The topological polar surface area (TPSA) is 54.9 Å². The van der Waals surface area contributed by atoms with Gasteiger partial charge in [-0.05, 0) is 23.3 Å². The molecule has 0 atom stereocenters. The zero-order valence-corrected chi connectivity index (χ0v) is 15.1. The molecule has 1 fully saturated rings. The van der Waals surface area contributed by atoms with E-state index in [1.54, 1.807) is 7.11 Å². The Labute approximate surface area is 154 Å². The van der Waals surface area contributed by atoms with Gasteiger partial charge in [0.1, 0.15) is 5.84 Å². The highest BCUT2D eigenvalue weighted by molar-refractivity contribution is 6.00. The minimum absolute atomic E-state index is 0.164. The molecule has 2 N–H and O–H groups in total. The largest absolute Gasteiger partial charge is 0.381 e. The fourth-order valence-corrected chi connectivity index (χ4v) is 3.62. The van der Waals surface area contributed by atoms with E-state index in [4.69, 9.17) is 14.5 Å². The smallest absolute Gasteiger partial charge is 0.129 e. The number of para-hydroxylation sites is 2. The van der Waals surface area contributed by atoms with Crippen LogP contribution in [0.2, 0.25) is 0 Å². The highest BCUT2D eigenvalue weighted by atomic mass is 16.5. The number of rotatable bonds is 4. The number of aliphatic imine (C=N–C) groups is 1. The van der Waals surface area contributed by atoms with Crippen molar-refractivity contribution in [1.82, 2.24) is 5.32 Å². The fourth-order valence-electron chi connectivity index (χ4n) is 3.62. The predicted octanol–water partition coefficient (Wildman–Crippen LogP) is 3.63. The second kappa shape index (κ2) is 7.48. The molecule has 136 valence electrons. The lowest BCUT2D eigenvalue weighted by Crippen LogP contribution is -2.56. The number of methoxy groups -OCH3 is 1. The number of fused-ring (bicyclic) bond motifs is 1. The fraction of sp³-hybridized carbons (Fsp3) is 0.381. The van der Waals surface area contributed by atoms with Crippen LogP contribution in [0, 0.1) is 0 Å². The molecule has 2 aromatic carbocycles. The summed E-state index contributed by atoms with van der Waals surface area (Å²) >= 11 is 0. The first kappa shape index (κ1) is 17.1. The Morgan fingerprint density at radius 3 is 2.58 bits per heavy atom. The summed E-state index contributed by atoms with van der Waals surface area (Å²) in [6.07, 6.45) is 1.83. The molecule has 0 unspecified atom stereocenters. The maximum absolute atomic E-state index is 5.60. The number of ether oxygens (including phenoxy) is 2. The molecule has 4 rings (SSSR count). The lowest BCUT2D eigenvalue weighted by Gasteiger charge is -2.42. The van der Waals surface area contributed by atoms with E-state index in [9.17, 15) is 0 Å². The number of amidine groups is 1. The average molecular weight is 351 g/mol. The summed E-state index contributed by atoms with van der Waals surface area (Å²) in [5.74, 6) is 1.01. The van der Waals surface area contributed by atoms with Crippen LogP contribution in [0.15, 0.2) is 53.5 Å². The van der Waals surface area contributed by atoms with Crippen LogP contribution in [0.3, 0.4) is 0 Å². The maximum Gasteiger partial charge on any atom is 0.129 e. The Balaban J connectivity index is 1.54. The lowest BCUT2D eigenvalue weighted by atomic mass is 9.86. The van der Waals surface area contributed by atoms with E-state index in [0.717, 1.165) is 49.8 Å². The SMILES string of the molecule is COCc1ccc(CNC2=Nc3ccccc3NC23CCOCC3)cc1. The van der Waals surface area contributed by atoms with Crippen LogP contribution in [0.25, 0.3) is 0 Å². The molecular weight excluding hydrogens is 326 g/mol. The van der Waals surface area contributed by atoms with Gasteiger partial charge in [-0.15, -0.1) is 0 Å². The molecule has 5 nitrogen and oxygen atoms in total. The van der Waals surface area contributed by atoms with E-state index in [0.29, 0.717) is 6.61 Å². The lowest BCUT2D eigenvalue weighted by molar-refractivity contribution is 0.0771. The first-order valence-corrected chi connectivity index (χ1v) is 9.14. The molecule has 2 aliphatic rings. The minimum Gasteiger partial charge on any atom is -0.381 e. The minimum atomic E-state index is -0.164. The van der Waals surface area contributed by atoms with Crippen molar-refractivity contribution >= 4 is 17.2 Å². The van der Waals surface area contributed by atoms with Gasteiger partial charge in [-0.1, -0.05) is 36.4 Å². The third-order valence-corrected chi connectivity index (χ3v) is 5.10. The van der Waals surface area contributed by atoms with E-state index in [2.05, 4.69) is 47.0 Å². The van der Waals surface area contributed by atoms with Crippen molar-refractivity contribution in [3.05, 3.63) is 59.7 Å². The van der Waals surface area contributed by atoms with Crippen LogP contribution in [-0.2, 0) is 22.6 Å².